The van der Waals surface area contributed by atoms with E-state index >= 15 is 0 Å². The summed E-state index contributed by atoms with van der Waals surface area (Å²) in [5, 5.41) is 2.36. The van der Waals surface area contributed by atoms with Crippen LogP contribution < -0.4 is 22.3 Å². The number of nitrogens with one attached hydrogen (secondary N) is 2. The second-order valence-corrected chi connectivity index (χ2v) is 4.15. The normalized spacial score (nSPS) is 10.4. The van der Waals surface area contributed by atoms with Crippen molar-refractivity contribution in [2.24, 2.45) is 0 Å². The molecule has 2 aromatic rings. The summed E-state index contributed by atoms with van der Waals surface area (Å²) in [4.78, 5) is 35.6. The number of amides is 1. The largest absolute Gasteiger partial charge is 0.396 e. The van der Waals surface area contributed by atoms with Gasteiger partial charge in [0.25, 0.3) is 5.56 Å². The fourth-order valence-corrected chi connectivity index (χ4v) is 1.58. The van der Waals surface area contributed by atoms with Crippen molar-refractivity contribution < 1.29 is 13.6 Å². The van der Waals surface area contributed by atoms with Crippen LogP contribution in [0.4, 0.5) is 20.2 Å². The first-order chi connectivity index (χ1) is 9.86. The van der Waals surface area contributed by atoms with Gasteiger partial charge in [-0.15, -0.1) is 0 Å². The summed E-state index contributed by atoms with van der Waals surface area (Å²) in [6.07, 6.45) is 0.625. The monoisotopic (exact) mass is 296 g/mol. The van der Waals surface area contributed by atoms with Gasteiger partial charge in [-0.25, -0.2) is 9.18 Å². The first-order valence-corrected chi connectivity index (χ1v) is 5.71. The van der Waals surface area contributed by atoms with Crippen molar-refractivity contribution in [1.29, 1.82) is 0 Å². The molecule has 4 N–H and O–H groups in total. The number of aromatic nitrogens is 2. The number of hydrogen-bond acceptors (Lipinski definition) is 4. The second kappa shape index (κ2) is 5.57. The number of rotatable bonds is 3. The molecule has 21 heavy (non-hydrogen) atoms. The molecule has 0 aliphatic heterocycles. The Labute approximate surface area is 116 Å². The number of benzene rings is 1. The quantitative estimate of drug-likeness (QED) is 0.694. The van der Waals surface area contributed by atoms with Crippen LogP contribution in [0.15, 0.2) is 34.0 Å². The first kappa shape index (κ1) is 14.4. The van der Waals surface area contributed by atoms with Gasteiger partial charge in [0.15, 0.2) is 0 Å². The number of nitrogen functional groups attached to an aromatic ring is 1. The molecule has 1 aromatic heterocycles. The van der Waals surface area contributed by atoms with E-state index in [-0.39, 0.29) is 11.4 Å². The Bertz CT molecular complexity index is 813. The Morgan fingerprint density at radius 3 is 2.67 bits per heavy atom. The Morgan fingerprint density at radius 2 is 2.00 bits per heavy atom. The van der Waals surface area contributed by atoms with Gasteiger partial charge in [0.2, 0.25) is 11.7 Å². The molecule has 0 aliphatic rings. The van der Waals surface area contributed by atoms with Crippen molar-refractivity contribution in [2.75, 3.05) is 11.1 Å². The van der Waals surface area contributed by atoms with Crippen LogP contribution in [0.3, 0.4) is 0 Å². The van der Waals surface area contributed by atoms with E-state index in [1.165, 1.54) is 12.1 Å². The molecule has 9 heteroatoms. The van der Waals surface area contributed by atoms with Crippen molar-refractivity contribution >= 4 is 17.3 Å². The maximum absolute atomic E-state index is 13.0. The van der Waals surface area contributed by atoms with Crippen LogP contribution in [0, 0.1) is 11.6 Å². The van der Waals surface area contributed by atoms with Gasteiger partial charge in [-0.3, -0.25) is 19.1 Å². The van der Waals surface area contributed by atoms with Gasteiger partial charge >= 0.3 is 5.69 Å². The molecule has 0 aliphatic carbocycles. The van der Waals surface area contributed by atoms with E-state index < -0.39 is 35.3 Å². The number of hydrogen-bond donors (Lipinski definition) is 3. The molecule has 1 aromatic carbocycles. The number of nitrogens with zero attached hydrogens (tertiary/aromatic N) is 1. The maximum Gasteiger partial charge on any atom is 0.328 e. The molecule has 0 saturated heterocycles. The third-order valence-corrected chi connectivity index (χ3v) is 2.56. The van der Waals surface area contributed by atoms with Crippen LogP contribution in [0.25, 0.3) is 0 Å². The van der Waals surface area contributed by atoms with Crippen LogP contribution >= 0.6 is 0 Å². The molecule has 0 fully saturated rings. The molecule has 1 heterocycles. The van der Waals surface area contributed by atoms with Gasteiger partial charge in [-0.1, -0.05) is 0 Å². The molecule has 0 radical (unpaired) electrons. The van der Waals surface area contributed by atoms with Crippen LogP contribution in [0.1, 0.15) is 0 Å². The molecule has 2 rings (SSSR count). The van der Waals surface area contributed by atoms with Crippen LogP contribution in [0.2, 0.25) is 0 Å². The van der Waals surface area contributed by atoms with Crippen molar-refractivity contribution in [2.45, 2.75) is 6.54 Å². The Kier molecular flexibility index (Phi) is 3.83. The summed E-state index contributed by atoms with van der Waals surface area (Å²) in [5.74, 6) is -2.49. The van der Waals surface area contributed by atoms with E-state index in [9.17, 15) is 23.2 Å². The van der Waals surface area contributed by atoms with E-state index in [4.69, 9.17) is 5.73 Å². The van der Waals surface area contributed by atoms with Crippen LogP contribution in [-0.2, 0) is 11.3 Å². The van der Waals surface area contributed by atoms with Gasteiger partial charge < -0.3 is 11.1 Å². The molecule has 0 spiro atoms. The third kappa shape index (κ3) is 3.32. The third-order valence-electron chi connectivity index (χ3n) is 2.56. The first-order valence-electron chi connectivity index (χ1n) is 5.71. The lowest BCUT2D eigenvalue weighted by Crippen LogP contribution is -2.34. The van der Waals surface area contributed by atoms with Gasteiger partial charge in [-0.05, 0) is 18.2 Å². The van der Waals surface area contributed by atoms with Gasteiger partial charge in [0.05, 0.1) is 11.9 Å². The standard InChI is InChI=1S/C12H10F2N4O3/c13-7-2-1-6(3-9(7)15)16-10(19)5-18-4-8(14)11(20)17-12(18)21/h1-4H,5,15H2,(H,16,19)(H,17,20,21). The highest BCUT2D eigenvalue weighted by atomic mass is 19.1. The number of carbonyl (C=O) groups is 1. The average Bonchev–Trinajstić information content (AvgIpc) is 2.40. The zero-order valence-electron chi connectivity index (χ0n) is 10.5. The second-order valence-electron chi connectivity index (χ2n) is 4.15. The molecule has 1 amide bonds. The van der Waals surface area contributed by atoms with E-state index in [0.717, 1.165) is 6.07 Å². The molecule has 7 nitrogen and oxygen atoms in total. The van der Waals surface area contributed by atoms with Gasteiger partial charge in [-0.2, -0.15) is 4.39 Å². The highest BCUT2D eigenvalue weighted by molar-refractivity contribution is 5.91. The fraction of sp³-hybridized carbons (Fsp3) is 0.0833. The number of nitrogens with two attached hydrogens (primary N) is 1. The van der Waals surface area contributed by atoms with Crippen molar-refractivity contribution in [3.63, 3.8) is 0 Å². The average molecular weight is 296 g/mol. The van der Waals surface area contributed by atoms with E-state index in [0.29, 0.717) is 10.8 Å². The van der Waals surface area contributed by atoms with Crippen molar-refractivity contribution in [1.82, 2.24) is 9.55 Å². The molecule has 0 atom stereocenters. The SMILES string of the molecule is Nc1cc(NC(=O)Cn2cc(F)c(=O)[nH]c2=O)ccc1F. The number of carbonyl (C=O) groups excluding carboxylic acids is 1. The summed E-state index contributed by atoms with van der Waals surface area (Å²) >= 11 is 0. The summed E-state index contributed by atoms with van der Waals surface area (Å²) in [6.45, 7) is -0.524. The minimum Gasteiger partial charge on any atom is -0.396 e. The number of H-pyrrole nitrogens is 1. The number of aromatic amines is 1. The molecule has 110 valence electrons. The Morgan fingerprint density at radius 1 is 1.29 bits per heavy atom. The van der Waals surface area contributed by atoms with E-state index in [2.05, 4.69) is 5.32 Å². The lowest BCUT2D eigenvalue weighted by Gasteiger charge is -2.08. The lowest BCUT2D eigenvalue weighted by atomic mass is 10.2. The zero-order valence-corrected chi connectivity index (χ0v) is 10.5. The topological polar surface area (TPSA) is 110 Å². The predicted octanol–water partition coefficient (Wildman–Crippen LogP) is 0.0357. The highest BCUT2D eigenvalue weighted by Gasteiger charge is 2.09. The summed E-state index contributed by atoms with van der Waals surface area (Å²) in [6, 6.07) is 3.54. The minimum atomic E-state index is -1.19. The van der Waals surface area contributed by atoms with Gasteiger partial charge in [0, 0.05) is 5.69 Å². The molecule has 0 bridgehead atoms. The molecular formula is C12H10F2N4O3. The summed E-state index contributed by atoms with van der Waals surface area (Å²) in [5.41, 5.74) is 3.32. The highest BCUT2D eigenvalue weighted by Crippen LogP contribution is 2.16. The van der Waals surface area contributed by atoms with Gasteiger partial charge in [0.1, 0.15) is 12.4 Å². The van der Waals surface area contributed by atoms with Crippen LogP contribution in [-0.4, -0.2) is 15.5 Å². The maximum atomic E-state index is 13.0. The fourth-order valence-electron chi connectivity index (χ4n) is 1.58. The minimum absolute atomic E-state index is 0.153. The number of anilines is 2. The Hall–Kier alpha value is -2.97. The van der Waals surface area contributed by atoms with E-state index in [1.54, 1.807) is 4.98 Å². The van der Waals surface area contributed by atoms with E-state index in [1.807, 2.05) is 0 Å². The molecular weight excluding hydrogens is 286 g/mol. The Balaban J connectivity index is 2.15. The lowest BCUT2D eigenvalue weighted by molar-refractivity contribution is -0.116. The zero-order chi connectivity index (χ0) is 15.6. The predicted molar refractivity (Wildman–Crippen MR) is 70.7 cm³/mol. The summed E-state index contributed by atoms with van der Waals surface area (Å²) in [7, 11) is 0. The van der Waals surface area contributed by atoms with Crippen molar-refractivity contribution in [3.05, 3.63) is 56.9 Å². The van der Waals surface area contributed by atoms with Crippen LogP contribution in [0.5, 0.6) is 0 Å². The smallest absolute Gasteiger partial charge is 0.328 e. The van der Waals surface area contributed by atoms with Crippen molar-refractivity contribution in [3.8, 4) is 0 Å². The molecule has 0 saturated carbocycles. The molecule has 0 unspecified atom stereocenters. The summed E-state index contributed by atoms with van der Waals surface area (Å²) < 4.78 is 26.7. The number of halogens is 2.